The van der Waals surface area contributed by atoms with Gasteiger partial charge in [-0.05, 0) is 19.1 Å². The van der Waals surface area contributed by atoms with Crippen molar-refractivity contribution in [3.63, 3.8) is 0 Å². The standard InChI is InChI=1S/C21H31N5O5/c1-17(22-4-10-25(11-5-22)21(29)26-12-15-30-16-13-26)19(27)23-6-8-24(9-7-23)20(28)18-3-2-14-31-18/h2-3,14,17H,4-13,15-16H2,1H3. The lowest BCUT2D eigenvalue weighted by molar-refractivity contribution is -0.138. The van der Waals surface area contributed by atoms with E-state index in [4.69, 9.17) is 9.15 Å². The fourth-order valence-electron chi connectivity index (χ4n) is 4.36. The number of amides is 4. The maximum absolute atomic E-state index is 13.0. The summed E-state index contributed by atoms with van der Waals surface area (Å²) in [6, 6.07) is 3.18. The van der Waals surface area contributed by atoms with E-state index < -0.39 is 0 Å². The normalized spacial score (nSPS) is 21.8. The van der Waals surface area contributed by atoms with Crippen molar-refractivity contribution >= 4 is 17.8 Å². The minimum Gasteiger partial charge on any atom is -0.459 e. The summed E-state index contributed by atoms with van der Waals surface area (Å²) < 4.78 is 10.5. The second-order valence-corrected chi connectivity index (χ2v) is 8.18. The monoisotopic (exact) mass is 433 g/mol. The first-order valence-electron chi connectivity index (χ1n) is 11.0. The van der Waals surface area contributed by atoms with Crippen molar-refractivity contribution in [3.05, 3.63) is 24.2 Å². The molecule has 0 radical (unpaired) electrons. The Kier molecular flexibility index (Phi) is 6.77. The number of hydrogen-bond acceptors (Lipinski definition) is 6. The van der Waals surface area contributed by atoms with Crippen LogP contribution in [0.1, 0.15) is 17.5 Å². The summed E-state index contributed by atoms with van der Waals surface area (Å²) in [7, 11) is 0. The van der Waals surface area contributed by atoms with Crippen LogP contribution in [0.5, 0.6) is 0 Å². The van der Waals surface area contributed by atoms with Gasteiger partial charge in [0.15, 0.2) is 5.76 Å². The Morgan fingerprint density at radius 1 is 0.806 bits per heavy atom. The summed E-state index contributed by atoms with van der Waals surface area (Å²) >= 11 is 0. The highest BCUT2D eigenvalue weighted by Gasteiger charge is 2.33. The smallest absolute Gasteiger partial charge is 0.320 e. The van der Waals surface area contributed by atoms with E-state index in [9.17, 15) is 14.4 Å². The SMILES string of the molecule is CC(C(=O)N1CCN(C(=O)c2ccco2)CC1)N1CCN(C(=O)N2CCOCC2)CC1. The number of urea groups is 1. The average Bonchev–Trinajstić information content (AvgIpc) is 3.38. The van der Waals surface area contributed by atoms with Gasteiger partial charge in [0.05, 0.1) is 25.5 Å². The summed E-state index contributed by atoms with van der Waals surface area (Å²) in [6.45, 7) is 9.05. The number of piperazine rings is 2. The van der Waals surface area contributed by atoms with Gasteiger partial charge >= 0.3 is 6.03 Å². The molecule has 10 heteroatoms. The van der Waals surface area contributed by atoms with Crippen LogP contribution in [0, 0.1) is 0 Å². The van der Waals surface area contributed by atoms with Crippen molar-refractivity contribution in [1.29, 1.82) is 0 Å². The number of carbonyl (C=O) groups excluding carboxylic acids is 3. The zero-order valence-electron chi connectivity index (χ0n) is 18.1. The molecule has 4 heterocycles. The lowest BCUT2D eigenvalue weighted by Crippen LogP contribution is -2.59. The van der Waals surface area contributed by atoms with Crippen molar-refractivity contribution in [1.82, 2.24) is 24.5 Å². The van der Waals surface area contributed by atoms with Gasteiger partial charge in [0, 0.05) is 65.4 Å². The number of hydrogen-bond donors (Lipinski definition) is 0. The molecule has 1 aromatic rings. The Labute approximate surface area is 182 Å². The van der Waals surface area contributed by atoms with Gasteiger partial charge in [-0.3, -0.25) is 14.5 Å². The van der Waals surface area contributed by atoms with Crippen LogP contribution in [0.25, 0.3) is 0 Å². The first kappa shape index (κ1) is 21.6. The molecule has 3 saturated heterocycles. The van der Waals surface area contributed by atoms with Crippen molar-refractivity contribution < 1.29 is 23.5 Å². The number of nitrogens with zero attached hydrogens (tertiary/aromatic N) is 5. The molecule has 4 amide bonds. The van der Waals surface area contributed by atoms with Crippen LogP contribution in [0.2, 0.25) is 0 Å². The molecule has 3 aliphatic rings. The molecule has 0 aromatic carbocycles. The highest BCUT2D eigenvalue weighted by molar-refractivity contribution is 5.91. The molecule has 0 saturated carbocycles. The second-order valence-electron chi connectivity index (χ2n) is 8.18. The van der Waals surface area contributed by atoms with E-state index in [0.29, 0.717) is 84.4 Å². The third kappa shape index (κ3) is 4.85. The van der Waals surface area contributed by atoms with E-state index in [1.54, 1.807) is 17.0 Å². The Hall–Kier alpha value is -2.59. The highest BCUT2D eigenvalue weighted by atomic mass is 16.5. The van der Waals surface area contributed by atoms with Crippen molar-refractivity contribution in [2.45, 2.75) is 13.0 Å². The van der Waals surface area contributed by atoms with Crippen molar-refractivity contribution in [2.24, 2.45) is 0 Å². The molecule has 170 valence electrons. The molecule has 1 atom stereocenters. The van der Waals surface area contributed by atoms with E-state index >= 15 is 0 Å². The van der Waals surface area contributed by atoms with E-state index in [2.05, 4.69) is 4.90 Å². The molecule has 1 unspecified atom stereocenters. The topological polar surface area (TPSA) is 89.8 Å². The van der Waals surface area contributed by atoms with Gasteiger partial charge < -0.3 is 28.8 Å². The summed E-state index contributed by atoms with van der Waals surface area (Å²) in [5.41, 5.74) is 0. The maximum Gasteiger partial charge on any atom is 0.320 e. The largest absolute Gasteiger partial charge is 0.459 e. The quantitative estimate of drug-likeness (QED) is 0.668. The number of carbonyl (C=O) groups is 3. The predicted octanol–water partition coefficient (Wildman–Crippen LogP) is 0.0223. The Bertz CT molecular complexity index is 763. The Morgan fingerprint density at radius 3 is 2.00 bits per heavy atom. The number of rotatable bonds is 3. The number of furan rings is 1. The van der Waals surface area contributed by atoms with Crippen LogP contribution in [0.3, 0.4) is 0 Å². The van der Waals surface area contributed by atoms with Crippen LogP contribution in [-0.4, -0.2) is 127 Å². The molecular weight excluding hydrogens is 402 g/mol. The number of ether oxygens (including phenoxy) is 1. The van der Waals surface area contributed by atoms with Crippen LogP contribution >= 0.6 is 0 Å². The van der Waals surface area contributed by atoms with E-state index in [1.165, 1.54) is 6.26 Å². The molecule has 0 bridgehead atoms. The zero-order chi connectivity index (χ0) is 21.8. The minimum atomic E-state index is -0.243. The molecule has 1 aromatic heterocycles. The van der Waals surface area contributed by atoms with Crippen LogP contribution in [-0.2, 0) is 9.53 Å². The molecule has 0 spiro atoms. The molecule has 10 nitrogen and oxygen atoms in total. The average molecular weight is 434 g/mol. The summed E-state index contributed by atoms with van der Waals surface area (Å²) in [6.07, 6.45) is 1.49. The summed E-state index contributed by atoms with van der Waals surface area (Å²) in [5.74, 6) is 0.280. The molecule has 3 fully saturated rings. The molecule has 0 aliphatic carbocycles. The molecular formula is C21H31N5O5. The molecule has 31 heavy (non-hydrogen) atoms. The fraction of sp³-hybridized carbons (Fsp3) is 0.667. The first-order chi connectivity index (χ1) is 15.0. The predicted molar refractivity (Wildman–Crippen MR) is 112 cm³/mol. The molecule has 0 N–H and O–H groups in total. The Balaban J connectivity index is 1.23. The Morgan fingerprint density at radius 2 is 1.39 bits per heavy atom. The van der Waals surface area contributed by atoms with Crippen molar-refractivity contribution in [2.75, 3.05) is 78.7 Å². The van der Waals surface area contributed by atoms with Gasteiger partial charge in [0.25, 0.3) is 5.91 Å². The van der Waals surface area contributed by atoms with Gasteiger partial charge in [0.2, 0.25) is 5.91 Å². The number of morpholine rings is 1. The van der Waals surface area contributed by atoms with Gasteiger partial charge in [-0.2, -0.15) is 0 Å². The zero-order valence-corrected chi connectivity index (χ0v) is 18.1. The van der Waals surface area contributed by atoms with Gasteiger partial charge in [-0.25, -0.2) is 4.79 Å². The van der Waals surface area contributed by atoms with Crippen molar-refractivity contribution in [3.8, 4) is 0 Å². The summed E-state index contributed by atoms with van der Waals surface area (Å²) in [5, 5.41) is 0. The van der Waals surface area contributed by atoms with Gasteiger partial charge in [-0.15, -0.1) is 0 Å². The maximum atomic E-state index is 13.0. The highest BCUT2D eigenvalue weighted by Crippen LogP contribution is 2.14. The molecule has 3 aliphatic heterocycles. The van der Waals surface area contributed by atoms with Crippen LogP contribution in [0.15, 0.2) is 22.8 Å². The van der Waals surface area contributed by atoms with E-state index in [-0.39, 0.29) is 23.9 Å². The summed E-state index contributed by atoms with van der Waals surface area (Å²) in [4.78, 5) is 47.5. The van der Waals surface area contributed by atoms with Crippen LogP contribution in [0.4, 0.5) is 4.79 Å². The lowest BCUT2D eigenvalue weighted by atomic mass is 10.2. The fourth-order valence-corrected chi connectivity index (χ4v) is 4.36. The lowest BCUT2D eigenvalue weighted by Gasteiger charge is -2.42. The molecule has 4 rings (SSSR count). The minimum absolute atomic E-state index is 0.0688. The van der Waals surface area contributed by atoms with Crippen LogP contribution < -0.4 is 0 Å². The van der Waals surface area contributed by atoms with E-state index in [0.717, 1.165) is 0 Å². The van der Waals surface area contributed by atoms with E-state index in [1.807, 2.05) is 21.6 Å². The van der Waals surface area contributed by atoms with Gasteiger partial charge in [-0.1, -0.05) is 0 Å². The second kappa shape index (κ2) is 9.69. The third-order valence-electron chi connectivity index (χ3n) is 6.38. The third-order valence-corrected chi connectivity index (χ3v) is 6.38. The first-order valence-corrected chi connectivity index (χ1v) is 11.0. The van der Waals surface area contributed by atoms with Gasteiger partial charge in [0.1, 0.15) is 0 Å².